The van der Waals surface area contributed by atoms with E-state index < -0.39 is 23.9 Å². The fraction of sp³-hybridized carbons (Fsp3) is 0.350. The van der Waals surface area contributed by atoms with Gasteiger partial charge in [-0.25, -0.2) is 0 Å². The molecule has 170 valence electrons. The number of alkyl halides is 3. The Bertz CT molecular complexity index is 888. The van der Waals surface area contributed by atoms with Crippen LogP contribution in [0.3, 0.4) is 0 Å². The van der Waals surface area contributed by atoms with Gasteiger partial charge in [-0.05, 0) is 35.4 Å². The Balaban J connectivity index is 2.10. The molecule has 1 atom stereocenters. The first kappa shape index (κ1) is 25.5. The van der Waals surface area contributed by atoms with Crippen LogP contribution < -0.4 is 10.6 Å². The number of nitrogens with one attached hydrogen (secondary N) is 2. The summed E-state index contributed by atoms with van der Waals surface area (Å²) in [6.07, 6.45) is -4.79. The zero-order chi connectivity index (χ0) is 23.2. The van der Waals surface area contributed by atoms with Gasteiger partial charge in [0.1, 0.15) is 0 Å². The van der Waals surface area contributed by atoms with Gasteiger partial charge in [-0.15, -0.1) is 0 Å². The maximum absolute atomic E-state index is 13.7. The number of anilines is 1. The third kappa shape index (κ3) is 6.63. The number of aliphatic hydroxyl groups is 1. The standard InChI is InChI=1S/C20H20Cl3F3N2O3/c1-31-7-6-17(29)27-10-12-2-4-14(5-3-12)28-11-19(30,20(24,25)26)13-8-15(21)18(23)16(22)9-13/h2-5,8-9,28,30H,6-7,10-11H2,1H3,(H,27,29)/t19-/m1/s1. The highest BCUT2D eigenvalue weighted by molar-refractivity contribution is 6.48. The van der Waals surface area contributed by atoms with E-state index >= 15 is 0 Å². The van der Waals surface area contributed by atoms with Gasteiger partial charge in [0.05, 0.1) is 28.2 Å². The molecule has 3 N–H and O–H groups in total. The fourth-order valence-corrected chi connectivity index (χ4v) is 3.21. The lowest BCUT2D eigenvalue weighted by atomic mass is 9.92. The minimum absolute atomic E-state index is 0.102. The van der Waals surface area contributed by atoms with Crippen LogP contribution in [0.15, 0.2) is 36.4 Å². The summed E-state index contributed by atoms with van der Waals surface area (Å²) in [7, 11) is 1.50. The van der Waals surface area contributed by atoms with E-state index in [9.17, 15) is 23.1 Å². The highest BCUT2D eigenvalue weighted by Gasteiger charge is 2.55. The highest BCUT2D eigenvalue weighted by Crippen LogP contribution is 2.43. The molecule has 1 amide bonds. The van der Waals surface area contributed by atoms with Gasteiger partial charge in [-0.2, -0.15) is 13.2 Å². The van der Waals surface area contributed by atoms with Gasteiger partial charge in [0.15, 0.2) is 0 Å². The van der Waals surface area contributed by atoms with E-state index in [1.54, 1.807) is 12.1 Å². The molecule has 0 fully saturated rings. The van der Waals surface area contributed by atoms with Crippen LogP contribution in [0.2, 0.25) is 15.1 Å². The number of carbonyl (C=O) groups excluding carboxylic acids is 1. The first-order valence-electron chi connectivity index (χ1n) is 9.00. The molecule has 0 radical (unpaired) electrons. The van der Waals surface area contributed by atoms with Crippen molar-refractivity contribution < 1.29 is 27.8 Å². The molecule has 0 bridgehead atoms. The van der Waals surface area contributed by atoms with E-state index in [4.69, 9.17) is 39.5 Å². The van der Waals surface area contributed by atoms with Crippen molar-refractivity contribution in [2.45, 2.75) is 24.7 Å². The molecule has 0 aromatic heterocycles. The summed E-state index contributed by atoms with van der Waals surface area (Å²) >= 11 is 17.5. The zero-order valence-electron chi connectivity index (χ0n) is 16.3. The highest BCUT2D eigenvalue weighted by atomic mass is 35.5. The number of benzene rings is 2. The van der Waals surface area contributed by atoms with E-state index in [0.29, 0.717) is 12.3 Å². The van der Waals surface area contributed by atoms with Gasteiger partial charge in [0.25, 0.3) is 0 Å². The predicted octanol–water partition coefficient (Wildman–Crippen LogP) is 5.16. The number of halogens is 6. The summed E-state index contributed by atoms with van der Waals surface area (Å²) < 4.78 is 46.0. The Morgan fingerprint density at radius 2 is 1.68 bits per heavy atom. The van der Waals surface area contributed by atoms with E-state index in [1.807, 2.05) is 0 Å². The average Bonchev–Trinajstić information content (AvgIpc) is 2.72. The summed E-state index contributed by atoms with van der Waals surface area (Å²) in [4.78, 5) is 11.6. The van der Waals surface area contributed by atoms with E-state index in [0.717, 1.165) is 17.7 Å². The molecule has 2 rings (SSSR count). The van der Waals surface area contributed by atoms with Gasteiger partial charge < -0.3 is 20.5 Å². The van der Waals surface area contributed by atoms with Crippen molar-refractivity contribution in [3.63, 3.8) is 0 Å². The molecule has 0 unspecified atom stereocenters. The molecule has 2 aromatic rings. The molecule has 2 aromatic carbocycles. The van der Waals surface area contributed by atoms with Crippen LogP contribution in [-0.4, -0.2) is 37.5 Å². The van der Waals surface area contributed by atoms with E-state index in [-0.39, 0.29) is 33.9 Å². The van der Waals surface area contributed by atoms with Gasteiger partial charge in [-0.3, -0.25) is 4.79 Å². The molecule has 0 saturated heterocycles. The lowest BCUT2D eigenvalue weighted by Gasteiger charge is -2.32. The Kier molecular flexibility index (Phi) is 8.85. The summed E-state index contributed by atoms with van der Waals surface area (Å²) in [5.74, 6) is -0.181. The van der Waals surface area contributed by atoms with Crippen molar-refractivity contribution in [1.82, 2.24) is 5.32 Å². The number of methoxy groups -OCH3 is 1. The van der Waals surface area contributed by atoms with Gasteiger partial charge in [0, 0.05) is 25.8 Å². The molecular formula is C20H20Cl3F3N2O3. The van der Waals surface area contributed by atoms with Crippen molar-refractivity contribution in [3.05, 3.63) is 62.6 Å². The Hall–Kier alpha value is -1.71. The van der Waals surface area contributed by atoms with Crippen LogP contribution in [0.5, 0.6) is 0 Å². The van der Waals surface area contributed by atoms with Crippen molar-refractivity contribution in [1.29, 1.82) is 0 Å². The molecule has 0 spiro atoms. The normalized spacial score (nSPS) is 13.5. The fourth-order valence-electron chi connectivity index (χ4n) is 2.61. The minimum Gasteiger partial charge on any atom is -0.384 e. The van der Waals surface area contributed by atoms with Crippen LogP contribution in [0, 0.1) is 0 Å². The van der Waals surface area contributed by atoms with Gasteiger partial charge in [0.2, 0.25) is 11.5 Å². The average molecular weight is 500 g/mol. The second-order valence-corrected chi connectivity index (χ2v) is 7.87. The maximum atomic E-state index is 13.7. The molecule has 0 aliphatic carbocycles. The summed E-state index contributed by atoms with van der Waals surface area (Å²) in [6.45, 7) is -0.324. The van der Waals surface area contributed by atoms with Crippen molar-refractivity contribution >= 4 is 46.4 Å². The third-order valence-corrected chi connectivity index (χ3v) is 5.65. The third-order valence-electron chi connectivity index (χ3n) is 4.46. The van der Waals surface area contributed by atoms with Crippen LogP contribution in [0.4, 0.5) is 18.9 Å². The molecular weight excluding hydrogens is 480 g/mol. The van der Waals surface area contributed by atoms with Crippen LogP contribution in [0.25, 0.3) is 0 Å². The monoisotopic (exact) mass is 498 g/mol. The van der Waals surface area contributed by atoms with Crippen LogP contribution in [0.1, 0.15) is 17.5 Å². The number of hydrogen-bond donors (Lipinski definition) is 3. The second kappa shape index (κ2) is 10.7. The van der Waals surface area contributed by atoms with Crippen molar-refractivity contribution in [2.75, 3.05) is 25.6 Å². The largest absolute Gasteiger partial charge is 0.423 e. The summed E-state index contributed by atoms with van der Waals surface area (Å²) in [5, 5.41) is 15.2. The first-order valence-corrected chi connectivity index (χ1v) is 10.1. The van der Waals surface area contributed by atoms with Gasteiger partial charge >= 0.3 is 6.18 Å². The topological polar surface area (TPSA) is 70.6 Å². The Morgan fingerprint density at radius 3 is 2.19 bits per heavy atom. The molecule has 0 saturated carbocycles. The lowest BCUT2D eigenvalue weighted by molar-refractivity contribution is -0.260. The Labute approximate surface area is 192 Å². The Morgan fingerprint density at radius 1 is 1.10 bits per heavy atom. The SMILES string of the molecule is COCCC(=O)NCc1ccc(NC[C@@](O)(c2cc(Cl)c(Cl)c(Cl)c2)C(F)(F)F)cc1. The molecule has 31 heavy (non-hydrogen) atoms. The summed E-state index contributed by atoms with van der Waals surface area (Å²) in [6, 6.07) is 8.22. The minimum atomic E-state index is -5.02. The quantitative estimate of drug-likeness (QED) is 0.417. The van der Waals surface area contributed by atoms with Crippen molar-refractivity contribution in [3.8, 4) is 0 Å². The molecule has 5 nitrogen and oxygen atoms in total. The number of hydrogen-bond acceptors (Lipinski definition) is 4. The van der Waals surface area contributed by atoms with E-state index in [2.05, 4.69) is 10.6 Å². The molecule has 0 heterocycles. The summed E-state index contributed by atoms with van der Waals surface area (Å²) in [5.41, 5.74) is -2.72. The molecule has 0 aliphatic rings. The number of carbonyl (C=O) groups is 1. The number of rotatable bonds is 9. The van der Waals surface area contributed by atoms with Crippen molar-refractivity contribution in [2.24, 2.45) is 0 Å². The van der Waals surface area contributed by atoms with E-state index in [1.165, 1.54) is 19.2 Å². The zero-order valence-corrected chi connectivity index (χ0v) is 18.6. The number of amides is 1. The van der Waals surface area contributed by atoms with Gasteiger partial charge in [-0.1, -0.05) is 46.9 Å². The predicted molar refractivity (Wildman–Crippen MR) is 115 cm³/mol. The van der Waals surface area contributed by atoms with Crippen LogP contribution >= 0.6 is 34.8 Å². The first-order chi connectivity index (χ1) is 14.5. The molecule has 11 heteroatoms. The van der Waals surface area contributed by atoms with Crippen LogP contribution in [-0.2, 0) is 21.7 Å². The lowest BCUT2D eigenvalue weighted by Crippen LogP contribution is -2.47. The maximum Gasteiger partial charge on any atom is 0.423 e. The second-order valence-electron chi connectivity index (χ2n) is 6.68. The number of ether oxygens (including phenoxy) is 1. The smallest absolute Gasteiger partial charge is 0.384 e. The molecule has 0 aliphatic heterocycles.